The van der Waals surface area contributed by atoms with Gasteiger partial charge in [0.05, 0.1) is 6.61 Å². The van der Waals surface area contributed by atoms with Gasteiger partial charge in [0, 0.05) is 12.8 Å². The molecule has 426 valence electrons. The SMILES string of the molecule is CC/C=C\C/C=C\C/C=C\C/C=C\C/C=C\C/C=C\C/C=C\CCCC(=O)OC(CO)COC(=O)CCCCCCCCCCCCCCCCCCCCCCCCCCC/C=C\CCCCCCCCCC. The van der Waals surface area contributed by atoms with Crippen LogP contribution in [0, 0.1) is 0 Å². The Hall–Kier alpha value is -3.18. The first-order valence-corrected chi connectivity index (χ1v) is 31.8. The molecule has 0 aromatic rings. The van der Waals surface area contributed by atoms with E-state index in [0.717, 1.165) is 70.6 Å². The smallest absolute Gasteiger partial charge is 0.306 e. The van der Waals surface area contributed by atoms with Crippen LogP contribution in [0.5, 0.6) is 0 Å². The molecule has 0 fully saturated rings. The third-order valence-corrected chi connectivity index (χ3v) is 13.9. The van der Waals surface area contributed by atoms with Crippen molar-refractivity contribution in [1.82, 2.24) is 0 Å². The number of hydrogen-bond acceptors (Lipinski definition) is 5. The minimum atomic E-state index is -0.808. The van der Waals surface area contributed by atoms with Crippen LogP contribution >= 0.6 is 0 Å². The van der Waals surface area contributed by atoms with Crippen LogP contribution in [-0.4, -0.2) is 36.4 Å². The predicted octanol–water partition coefficient (Wildman–Crippen LogP) is 21.9. The number of rotatable bonds is 58. The van der Waals surface area contributed by atoms with Crippen molar-refractivity contribution in [3.05, 3.63) is 97.2 Å². The van der Waals surface area contributed by atoms with Gasteiger partial charge >= 0.3 is 11.9 Å². The Balaban J connectivity index is 3.48. The second-order valence-corrected chi connectivity index (χ2v) is 21.1. The minimum Gasteiger partial charge on any atom is -0.462 e. The molecule has 0 heterocycles. The number of allylic oxidation sites excluding steroid dienone is 16. The fraction of sp³-hybridized carbons (Fsp3) is 0.739. The van der Waals surface area contributed by atoms with Crippen LogP contribution in [0.25, 0.3) is 0 Å². The van der Waals surface area contributed by atoms with E-state index in [0.29, 0.717) is 12.8 Å². The average molecular weight is 1030 g/mol. The van der Waals surface area contributed by atoms with E-state index in [1.54, 1.807) is 0 Å². The summed E-state index contributed by atoms with van der Waals surface area (Å²) in [6, 6.07) is 0. The Kier molecular flexibility index (Phi) is 61.4. The number of esters is 2. The number of ether oxygens (including phenoxy) is 2. The zero-order valence-electron chi connectivity index (χ0n) is 48.8. The third-order valence-electron chi connectivity index (χ3n) is 13.9. The van der Waals surface area contributed by atoms with Crippen LogP contribution in [0.2, 0.25) is 0 Å². The summed E-state index contributed by atoms with van der Waals surface area (Å²) in [6.45, 7) is 4.00. The van der Waals surface area contributed by atoms with Crippen molar-refractivity contribution in [2.24, 2.45) is 0 Å². The van der Waals surface area contributed by atoms with Crippen molar-refractivity contribution >= 4 is 11.9 Å². The fourth-order valence-corrected chi connectivity index (χ4v) is 9.13. The largest absolute Gasteiger partial charge is 0.462 e. The summed E-state index contributed by atoms with van der Waals surface area (Å²) in [7, 11) is 0. The molecule has 0 radical (unpaired) electrons. The van der Waals surface area contributed by atoms with E-state index < -0.39 is 6.10 Å². The van der Waals surface area contributed by atoms with Crippen LogP contribution in [0.15, 0.2) is 97.2 Å². The summed E-state index contributed by atoms with van der Waals surface area (Å²) in [4.78, 5) is 24.5. The summed E-state index contributed by atoms with van der Waals surface area (Å²) in [6.07, 6.45) is 91.5. The fourth-order valence-electron chi connectivity index (χ4n) is 9.13. The number of aliphatic hydroxyl groups is 1. The Labute approximate surface area is 459 Å². The van der Waals surface area contributed by atoms with E-state index in [1.165, 1.54) is 205 Å². The standard InChI is InChI=1S/C69H120O5/c1-3-5-7-9-11-13-15-17-19-21-23-25-27-28-29-30-31-32-33-34-35-36-37-38-39-40-42-43-45-47-49-51-53-55-57-59-61-63-68(71)73-66-67(65-70)74-69(72)64-62-60-58-56-54-52-50-48-46-44-41-26-24-22-20-18-16-14-12-10-8-6-4-2/h6,8,12,14,18,20-21,23-24,26,44,46,50,52,56,58,67,70H,3-5,7,9-11,13,15-17,19,22,25,27-43,45,47-49,51,53-55,57,59-66H2,1-2H3/b8-6-,14-12-,20-18-,23-21-,26-24-,46-44-,52-50-,58-56-. The molecule has 0 saturated carbocycles. The lowest BCUT2D eigenvalue weighted by Crippen LogP contribution is -2.28. The highest BCUT2D eigenvalue weighted by Crippen LogP contribution is 2.17. The minimum absolute atomic E-state index is 0.0916. The Bertz CT molecular complexity index is 1400. The summed E-state index contributed by atoms with van der Waals surface area (Å²) < 4.78 is 10.7. The molecular formula is C69H120O5. The van der Waals surface area contributed by atoms with Gasteiger partial charge in [-0.2, -0.15) is 0 Å². The lowest BCUT2D eigenvalue weighted by atomic mass is 10.0. The molecule has 0 aliphatic heterocycles. The molecule has 5 heteroatoms. The van der Waals surface area contributed by atoms with Crippen molar-refractivity contribution in [3.63, 3.8) is 0 Å². The zero-order chi connectivity index (χ0) is 53.4. The van der Waals surface area contributed by atoms with Crippen molar-refractivity contribution in [2.75, 3.05) is 13.2 Å². The molecule has 0 aromatic heterocycles. The topological polar surface area (TPSA) is 72.8 Å². The Morgan fingerprint density at radius 2 is 0.595 bits per heavy atom. The average Bonchev–Trinajstić information content (AvgIpc) is 3.40. The molecule has 0 spiro atoms. The summed E-state index contributed by atoms with van der Waals surface area (Å²) in [5, 5.41) is 9.66. The van der Waals surface area contributed by atoms with Crippen LogP contribution in [-0.2, 0) is 19.1 Å². The van der Waals surface area contributed by atoms with Gasteiger partial charge in [0.25, 0.3) is 0 Å². The first-order valence-electron chi connectivity index (χ1n) is 31.8. The van der Waals surface area contributed by atoms with Crippen molar-refractivity contribution in [1.29, 1.82) is 0 Å². The Morgan fingerprint density at radius 1 is 0.324 bits per heavy atom. The highest BCUT2D eigenvalue weighted by Gasteiger charge is 2.16. The van der Waals surface area contributed by atoms with Gasteiger partial charge in [-0.15, -0.1) is 0 Å². The van der Waals surface area contributed by atoms with Crippen molar-refractivity contribution in [3.8, 4) is 0 Å². The van der Waals surface area contributed by atoms with Gasteiger partial charge in [-0.3, -0.25) is 9.59 Å². The van der Waals surface area contributed by atoms with Crippen LogP contribution in [0.4, 0.5) is 0 Å². The molecule has 1 N–H and O–H groups in total. The first kappa shape index (κ1) is 70.8. The highest BCUT2D eigenvalue weighted by atomic mass is 16.6. The molecule has 0 aliphatic rings. The van der Waals surface area contributed by atoms with E-state index in [9.17, 15) is 14.7 Å². The lowest BCUT2D eigenvalue weighted by molar-refractivity contribution is -0.161. The maximum atomic E-state index is 12.3. The molecular weight excluding hydrogens is 909 g/mol. The van der Waals surface area contributed by atoms with E-state index in [4.69, 9.17) is 9.47 Å². The summed E-state index contributed by atoms with van der Waals surface area (Å²) in [5.41, 5.74) is 0. The molecule has 0 saturated heterocycles. The monoisotopic (exact) mass is 1030 g/mol. The quantitative estimate of drug-likeness (QED) is 0.0373. The number of carbonyl (C=O) groups is 2. The molecule has 0 aromatic carbocycles. The van der Waals surface area contributed by atoms with Crippen LogP contribution < -0.4 is 0 Å². The number of hydrogen-bond donors (Lipinski definition) is 1. The molecule has 0 rings (SSSR count). The number of carbonyl (C=O) groups excluding carboxylic acids is 2. The molecule has 0 aliphatic carbocycles. The maximum absolute atomic E-state index is 12.3. The number of aliphatic hydroxyl groups excluding tert-OH is 1. The van der Waals surface area contributed by atoms with Crippen LogP contribution in [0.3, 0.4) is 0 Å². The van der Waals surface area contributed by atoms with Gasteiger partial charge in [-0.1, -0.05) is 304 Å². The maximum Gasteiger partial charge on any atom is 0.306 e. The van der Waals surface area contributed by atoms with Gasteiger partial charge in [-0.25, -0.2) is 0 Å². The van der Waals surface area contributed by atoms with E-state index >= 15 is 0 Å². The Morgan fingerprint density at radius 3 is 0.932 bits per heavy atom. The normalized spacial score (nSPS) is 12.9. The van der Waals surface area contributed by atoms with Gasteiger partial charge in [-0.05, 0) is 89.9 Å². The van der Waals surface area contributed by atoms with E-state index in [1.807, 2.05) is 0 Å². The van der Waals surface area contributed by atoms with Crippen LogP contribution in [0.1, 0.15) is 309 Å². The predicted molar refractivity (Wildman–Crippen MR) is 325 cm³/mol. The second-order valence-electron chi connectivity index (χ2n) is 21.1. The van der Waals surface area contributed by atoms with E-state index in [-0.39, 0.29) is 31.6 Å². The molecule has 74 heavy (non-hydrogen) atoms. The van der Waals surface area contributed by atoms with Crippen molar-refractivity contribution in [2.45, 2.75) is 315 Å². The third kappa shape index (κ3) is 61.4. The molecule has 0 bridgehead atoms. The highest BCUT2D eigenvalue weighted by molar-refractivity contribution is 5.70. The van der Waals surface area contributed by atoms with Gasteiger partial charge in [0.15, 0.2) is 6.10 Å². The zero-order valence-corrected chi connectivity index (χ0v) is 48.8. The molecule has 0 amide bonds. The molecule has 1 atom stereocenters. The summed E-state index contributed by atoms with van der Waals surface area (Å²) >= 11 is 0. The number of unbranched alkanes of at least 4 members (excludes halogenated alkanes) is 34. The molecule has 5 nitrogen and oxygen atoms in total. The second kappa shape index (κ2) is 64.1. The van der Waals surface area contributed by atoms with Gasteiger partial charge in [0.2, 0.25) is 0 Å². The van der Waals surface area contributed by atoms with Gasteiger partial charge < -0.3 is 14.6 Å². The molecule has 1 unspecified atom stereocenters. The first-order chi connectivity index (χ1) is 36.6. The lowest BCUT2D eigenvalue weighted by Gasteiger charge is -2.15. The van der Waals surface area contributed by atoms with Gasteiger partial charge in [0.1, 0.15) is 6.61 Å². The van der Waals surface area contributed by atoms with Crippen molar-refractivity contribution < 1.29 is 24.2 Å². The summed E-state index contributed by atoms with van der Waals surface area (Å²) in [5.74, 6) is -0.655. The van der Waals surface area contributed by atoms with E-state index in [2.05, 4.69) is 111 Å².